The summed E-state index contributed by atoms with van der Waals surface area (Å²) in [5.74, 6) is 0.954. The number of imidazole rings is 1. The van der Waals surface area contributed by atoms with E-state index >= 15 is 0 Å². The molecule has 2 nitrogen and oxygen atoms in total. The van der Waals surface area contributed by atoms with E-state index in [2.05, 4.69) is 70.2 Å². The average molecular weight is 296 g/mol. The van der Waals surface area contributed by atoms with Gasteiger partial charge in [0.2, 0.25) is 0 Å². The number of hydrogen-bond donors (Lipinski definition) is 0. The fourth-order valence-electron chi connectivity index (χ4n) is 2.85. The quantitative estimate of drug-likeness (QED) is 0.507. The highest BCUT2D eigenvalue weighted by Crippen LogP contribution is 2.32. The Labute approximate surface area is 135 Å². The minimum absolute atomic E-state index is 0.954. The van der Waals surface area contributed by atoms with Gasteiger partial charge in [-0.15, -0.1) is 0 Å². The van der Waals surface area contributed by atoms with Crippen LogP contribution in [0.2, 0.25) is 0 Å². The summed E-state index contributed by atoms with van der Waals surface area (Å²) in [6.45, 7) is 0. The lowest BCUT2D eigenvalue weighted by atomic mass is 9.99. The van der Waals surface area contributed by atoms with E-state index in [1.807, 2.05) is 36.7 Å². The lowest BCUT2D eigenvalue weighted by Gasteiger charge is -2.12. The fraction of sp³-hybridized carbons (Fsp3) is 0. The standard InChI is InChI=1S/C21H16N2/c1-3-9-17(10-4-1)19-13-7-8-14-20(19)21-22-15-16-23(21)18-11-5-2-6-12-18/h1-16H. The van der Waals surface area contributed by atoms with E-state index in [-0.39, 0.29) is 0 Å². The van der Waals surface area contributed by atoms with Gasteiger partial charge in [-0.2, -0.15) is 0 Å². The van der Waals surface area contributed by atoms with E-state index in [1.165, 1.54) is 11.1 Å². The zero-order valence-corrected chi connectivity index (χ0v) is 12.6. The van der Waals surface area contributed by atoms with Crippen LogP contribution in [-0.4, -0.2) is 9.55 Å². The van der Waals surface area contributed by atoms with Crippen molar-refractivity contribution in [3.8, 4) is 28.2 Å². The highest BCUT2D eigenvalue weighted by Gasteiger charge is 2.12. The Bertz CT molecular complexity index is 909. The summed E-state index contributed by atoms with van der Waals surface area (Å²) in [6.07, 6.45) is 3.86. The van der Waals surface area contributed by atoms with Gasteiger partial charge in [0.05, 0.1) is 0 Å². The molecule has 0 unspecified atom stereocenters. The topological polar surface area (TPSA) is 17.8 Å². The van der Waals surface area contributed by atoms with Crippen LogP contribution in [0.5, 0.6) is 0 Å². The van der Waals surface area contributed by atoms with Crippen LogP contribution in [0.1, 0.15) is 0 Å². The van der Waals surface area contributed by atoms with Gasteiger partial charge in [-0.05, 0) is 23.3 Å². The van der Waals surface area contributed by atoms with Gasteiger partial charge in [-0.25, -0.2) is 4.98 Å². The van der Waals surface area contributed by atoms with Crippen molar-refractivity contribution in [2.75, 3.05) is 0 Å². The summed E-state index contributed by atoms with van der Waals surface area (Å²) in [5.41, 5.74) is 4.64. The Hall–Kier alpha value is -3.13. The maximum atomic E-state index is 4.61. The van der Waals surface area contributed by atoms with E-state index in [0.717, 1.165) is 17.1 Å². The molecule has 0 fully saturated rings. The Morgan fingerprint density at radius 1 is 0.609 bits per heavy atom. The average Bonchev–Trinajstić information content (AvgIpc) is 3.13. The summed E-state index contributed by atoms with van der Waals surface area (Å²) >= 11 is 0. The van der Waals surface area contributed by atoms with Crippen molar-refractivity contribution in [2.24, 2.45) is 0 Å². The molecule has 110 valence electrons. The summed E-state index contributed by atoms with van der Waals surface area (Å²) in [6, 6.07) is 29.1. The zero-order chi connectivity index (χ0) is 15.5. The van der Waals surface area contributed by atoms with Crippen LogP contribution >= 0.6 is 0 Å². The van der Waals surface area contributed by atoms with Crippen molar-refractivity contribution < 1.29 is 0 Å². The van der Waals surface area contributed by atoms with Crippen LogP contribution < -0.4 is 0 Å². The van der Waals surface area contributed by atoms with Gasteiger partial charge in [-0.1, -0.05) is 72.8 Å². The molecule has 0 aliphatic heterocycles. The number of para-hydroxylation sites is 1. The number of nitrogens with zero attached hydrogens (tertiary/aromatic N) is 2. The molecule has 0 saturated carbocycles. The highest BCUT2D eigenvalue weighted by atomic mass is 15.1. The second kappa shape index (κ2) is 5.93. The third-order valence-corrected chi connectivity index (χ3v) is 3.93. The van der Waals surface area contributed by atoms with E-state index in [0.29, 0.717) is 0 Å². The summed E-state index contributed by atoms with van der Waals surface area (Å²) < 4.78 is 2.13. The first-order valence-corrected chi connectivity index (χ1v) is 7.67. The first-order chi connectivity index (χ1) is 11.4. The summed E-state index contributed by atoms with van der Waals surface area (Å²) in [5, 5.41) is 0. The molecular weight excluding hydrogens is 280 g/mol. The minimum atomic E-state index is 0.954. The van der Waals surface area contributed by atoms with Gasteiger partial charge in [0.1, 0.15) is 5.82 Å². The predicted molar refractivity (Wildman–Crippen MR) is 94.4 cm³/mol. The van der Waals surface area contributed by atoms with Gasteiger partial charge in [0.15, 0.2) is 0 Å². The van der Waals surface area contributed by atoms with Crippen LogP contribution in [0.3, 0.4) is 0 Å². The predicted octanol–water partition coefficient (Wildman–Crippen LogP) is 5.21. The fourth-order valence-corrected chi connectivity index (χ4v) is 2.85. The molecule has 0 amide bonds. The Morgan fingerprint density at radius 3 is 1.96 bits per heavy atom. The molecule has 0 aliphatic carbocycles. The van der Waals surface area contributed by atoms with E-state index in [4.69, 9.17) is 0 Å². The van der Waals surface area contributed by atoms with Crippen LogP contribution in [0, 0.1) is 0 Å². The molecule has 4 rings (SSSR count). The van der Waals surface area contributed by atoms with Crippen molar-refractivity contribution in [1.29, 1.82) is 0 Å². The number of aromatic nitrogens is 2. The van der Waals surface area contributed by atoms with Gasteiger partial charge in [-0.3, -0.25) is 4.57 Å². The zero-order valence-electron chi connectivity index (χ0n) is 12.6. The third kappa shape index (κ3) is 2.55. The van der Waals surface area contributed by atoms with Gasteiger partial charge >= 0.3 is 0 Å². The molecule has 2 heteroatoms. The molecule has 4 aromatic rings. The Kier molecular flexibility index (Phi) is 3.49. The summed E-state index contributed by atoms with van der Waals surface area (Å²) in [7, 11) is 0. The largest absolute Gasteiger partial charge is 0.300 e. The lowest BCUT2D eigenvalue weighted by Crippen LogP contribution is -1.97. The molecule has 0 saturated heterocycles. The normalized spacial score (nSPS) is 10.6. The monoisotopic (exact) mass is 296 g/mol. The Morgan fingerprint density at radius 2 is 1.22 bits per heavy atom. The van der Waals surface area contributed by atoms with Gasteiger partial charge < -0.3 is 0 Å². The van der Waals surface area contributed by atoms with Crippen LogP contribution in [0.15, 0.2) is 97.3 Å². The molecule has 1 heterocycles. The molecule has 0 N–H and O–H groups in total. The van der Waals surface area contributed by atoms with E-state index in [9.17, 15) is 0 Å². The smallest absolute Gasteiger partial charge is 0.145 e. The molecule has 0 aliphatic rings. The van der Waals surface area contributed by atoms with E-state index < -0.39 is 0 Å². The molecular formula is C21H16N2. The SMILES string of the molecule is c1ccc(-c2ccccc2-c2nccn2-c2ccccc2)cc1. The molecule has 0 atom stereocenters. The second-order valence-electron chi connectivity index (χ2n) is 5.37. The second-order valence-corrected chi connectivity index (χ2v) is 5.37. The van der Waals surface area contributed by atoms with Gasteiger partial charge in [0, 0.05) is 23.6 Å². The van der Waals surface area contributed by atoms with Crippen LogP contribution in [0.4, 0.5) is 0 Å². The molecule has 1 aromatic heterocycles. The van der Waals surface area contributed by atoms with Crippen LogP contribution in [-0.2, 0) is 0 Å². The molecule has 0 radical (unpaired) electrons. The minimum Gasteiger partial charge on any atom is -0.300 e. The molecule has 3 aromatic carbocycles. The van der Waals surface area contributed by atoms with Crippen molar-refractivity contribution in [2.45, 2.75) is 0 Å². The first-order valence-electron chi connectivity index (χ1n) is 7.67. The number of benzene rings is 3. The maximum absolute atomic E-state index is 4.61. The number of hydrogen-bond acceptors (Lipinski definition) is 1. The summed E-state index contributed by atoms with van der Waals surface area (Å²) in [4.78, 5) is 4.61. The van der Waals surface area contributed by atoms with Crippen molar-refractivity contribution >= 4 is 0 Å². The molecule has 0 spiro atoms. The highest BCUT2D eigenvalue weighted by molar-refractivity contribution is 5.81. The lowest BCUT2D eigenvalue weighted by molar-refractivity contribution is 1.07. The van der Waals surface area contributed by atoms with Crippen molar-refractivity contribution in [3.05, 3.63) is 97.3 Å². The maximum Gasteiger partial charge on any atom is 0.145 e. The van der Waals surface area contributed by atoms with Crippen molar-refractivity contribution in [3.63, 3.8) is 0 Å². The van der Waals surface area contributed by atoms with Gasteiger partial charge in [0.25, 0.3) is 0 Å². The van der Waals surface area contributed by atoms with Crippen LogP contribution in [0.25, 0.3) is 28.2 Å². The third-order valence-electron chi connectivity index (χ3n) is 3.93. The Balaban J connectivity index is 1.90. The number of rotatable bonds is 3. The van der Waals surface area contributed by atoms with E-state index in [1.54, 1.807) is 0 Å². The van der Waals surface area contributed by atoms with Crippen molar-refractivity contribution in [1.82, 2.24) is 9.55 Å². The molecule has 0 bridgehead atoms. The first kappa shape index (κ1) is 13.5. The molecule has 23 heavy (non-hydrogen) atoms.